The molecule has 4 heteroatoms. The zero-order chi connectivity index (χ0) is 84.8. The molecule has 127 heavy (non-hydrogen) atoms. The topological polar surface area (TPSA) is 16.3 Å². The number of nitrogens with zero attached hydrogens (tertiary/aromatic N) is 4. The Balaban J connectivity index is 0.586. The highest BCUT2D eigenvalue weighted by Crippen LogP contribution is 2.71. The number of para-hydroxylation sites is 5. The van der Waals surface area contributed by atoms with Gasteiger partial charge in [0.1, 0.15) is 0 Å². The van der Waals surface area contributed by atoms with Crippen LogP contribution in [0.4, 0.5) is 34.1 Å². The van der Waals surface area contributed by atoms with Crippen molar-refractivity contribution in [1.82, 2.24) is 9.13 Å². The van der Waals surface area contributed by atoms with Gasteiger partial charge in [0, 0.05) is 88.6 Å². The van der Waals surface area contributed by atoms with Crippen LogP contribution in [0.3, 0.4) is 0 Å². The van der Waals surface area contributed by atoms with Crippen molar-refractivity contribution in [3.05, 3.63) is 432 Å². The van der Waals surface area contributed by atoms with Crippen molar-refractivity contribution < 1.29 is 0 Å². The third-order valence-electron chi connectivity index (χ3n) is 33.0. The van der Waals surface area contributed by atoms with Crippen LogP contribution in [0.15, 0.2) is 382 Å². The maximum atomic E-state index is 2.65. The number of anilines is 6. The lowest BCUT2D eigenvalue weighted by molar-refractivity contribution is -0.0443. The third-order valence-corrected chi connectivity index (χ3v) is 33.0. The maximum Gasteiger partial charge on any atom is 0.0541 e. The van der Waals surface area contributed by atoms with Crippen LogP contribution in [-0.4, -0.2) is 9.13 Å². The summed E-state index contributed by atoms with van der Waals surface area (Å²) in [5.74, 6) is 4.51. The van der Waals surface area contributed by atoms with Gasteiger partial charge >= 0.3 is 0 Å². The van der Waals surface area contributed by atoms with Gasteiger partial charge in [0.25, 0.3) is 0 Å². The average molecular weight is 1640 g/mol. The highest BCUT2D eigenvalue weighted by atomic mass is 15.2. The summed E-state index contributed by atoms with van der Waals surface area (Å²) in [7, 11) is 0. The van der Waals surface area contributed by atoms with Crippen molar-refractivity contribution in [2.45, 2.75) is 126 Å². The standard InChI is InChI=1S/C123H106N4/c1-79-65-91-66-80(2)121(77-79,78-122(91)108-42-17-15-40-106(108)119(3,4)112-76-100(61-63-109(112)122)125(114-44-19-10-35-101(114)86-27-8-7-9-28-86)95-59-53-85(54-60-95)89-31-26-34-98(74-89)127-117-47-22-13-38-104(117)105-39-14-23-48-118(105)127)90-55-49-83(50-56-90)87-29-24-32-96(72-87)124(94-57-51-84(52-58-94)88-30-25-33-97(73-88)126-115-45-20-11-36-102(115)103-37-12-21-46-116(103)126)99-62-64-111-113(75-99)120(5,6)107-41-16-18-43-110(107)123(111)92-68-81-67-82(70-92)71-93(123)69-81/h7-64,72-76,79-82,91-93H,65-71,77-78H2,1-6H3/t79-,80+,81-,82+,91+,92+,93-,121?,122?,123?/m0/s1. The minimum atomic E-state index is -0.309. The van der Waals surface area contributed by atoms with E-state index in [-0.39, 0.29) is 27.1 Å². The lowest BCUT2D eigenvalue weighted by Gasteiger charge is -2.64. The first-order valence-electron chi connectivity index (χ1n) is 47.0. The van der Waals surface area contributed by atoms with Crippen LogP contribution >= 0.6 is 0 Å². The van der Waals surface area contributed by atoms with Crippen molar-refractivity contribution in [1.29, 1.82) is 0 Å². The molecule has 5 atom stereocenters. The molecule has 0 radical (unpaired) electrons. The van der Waals surface area contributed by atoms with Gasteiger partial charge in [-0.2, -0.15) is 0 Å². The van der Waals surface area contributed by atoms with E-state index in [2.05, 4.69) is 443 Å². The molecule has 2 unspecified atom stereocenters. The fraction of sp³-hybridized carbons (Fsp3) is 0.220. The Hall–Kier alpha value is -13.3. The van der Waals surface area contributed by atoms with Gasteiger partial charge in [-0.1, -0.05) is 308 Å². The first-order chi connectivity index (χ1) is 62.2. The second-order valence-electron chi connectivity index (χ2n) is 40.3. The Labute approximate surface area is 747 Å². The molecule has 0 aliphatic heterocycles. The van der Waals surface area contributed by atoms with E-state index in [1.165, 1.54) is 177 Å². The molecule has 16 aromatic carbocycles. The summed E-state index contributed by atoms with van der Waals surface area (Å²) in [6.07, 6.45) is 11.4. The normalized spacial score (nSPS) is 23.1. The van der Waals surface area contributed by atoms with Crippen molar-refractivity contribution >= 4 is 77.7 Å². The summed E-state index contributed by atoms with van der Waals surface area (Å²) < 4.78 is 4.86. The third kappa shape index (κ3) is 11.5. The number of hydrogen-bond donors (Lipinski definition) is 0. The first-order valence-corrected chi connectivity index (χ1v) is 47.0. The first kappa shape index (κ1) is 76.2. The van der Waals surface area contributed by atoms with Crippen molar-refractivity contribution in [3.63, 3.8) is 0 Å². The molecule has 2 spiro atoms. The zero-order valence-corrected chi connectivity index (χ0v) is 73.6. The Kier molecular flexibility index (Phi) is 17.3. The van der Waals surface area contributed by atoms with Crippen molar-refractivity contribution in [2.75, 3.05) is 9.80 Å². The predicted octanol–water partition coefficient (Wildman–Crippen LogP) is 32.2. The minimum Gasteiger partial charge on any atom is -0.310 e. The molecule has 6 bridgehead atoms. The Morgan fingerprint density at radius 1 is 0.276 bits per heavy atom. The quantitative estimate of drug-likeness (QED) is 0.114. The molecule has 0 saturated heterocycles. The van der Waals surface area contributed by atoms with Gasteiger partial charge in [-0.05, 0) is 309 Å². The van der Waals surface area contributed by atoms with Crippen LogP contribution in [0.2, 0.25) is 0 Å². The van der Waals surface area contributed by atoms with E-state index < -0.39 is 0 Å². The van der Waals surface area contributed by atoms with Crippen LogP contribution in [0.1, 0.15) is 149 Å². The maximum absolute atomic E-state index is 2.65. The number of rotatable bonds is 13. The number of fused-ring (bicyclic) bond motifs is 13. The zero-order valence-electron chi connectivity index (χ0n) is 73.6. The summed E-state index contributed by atoms with van der Waals surface area (Å²) in [6, 6.07) is 147. The van der Waals surface area contributed by atoms with Crippen LogP contribution in [0.5, 0.6) is 0 Å². The van der Waals surface area contributed by atoms with Gasteiger partial charge in [-0.15, -0.1) is 0 Å². The highest BCUT2D eigenvalue weighted by molar-refractivity contribution is 6.10. The van der Waals surface area contributed by atoms with E-state index >= 15 is 0 Å². The van der Waals surface area contributed by atoms with Crippen molar-refractivity contribution in [3.8, 4) is 55.9 Å². The number of benzene rings is 16. The van der Waals surface area contributed by atoms with Gasteiger partial charge < -0.3 is 18.9 Å². The van der Waals surface area contributed by atoms with E-state index in [9.17, 15) is 0 Å². The highest BCUT2D eigenvalue weighted by Gasteiger charge is 2.64. The second kappa shape index (κ2) is 28.9. The average Bonchev–Trinajstić information content (AvgIpc) is 0.990. The fourth-order valence-corrected chi connectivity index (χ4v) is 27.8. The van der Waals surface area contributed by atoms with Crippen LogP contribution in [0.25, 0.3) is 99.5 Å². The van der Waals surface area contributed by atoms with Crippen molar-refractivity contribution in [2.24, 2.45) is 41.4 Å². The van der Waals surface area contributed by atoms with E-state index in [1.54, 1.807) is 11.1 Å². The molecule has 9 aliphatic carbocycles. The SMILES string of the molecule is C[C@H]1C[C@@H]2C[C@@H](C)C(c3ccc(-c4cccc(N(c5ccc(-c6cccc(-n7c8ccccc8c8ccccc87)c6)cc5)c5ccc6c(c5)C(C)(C)c5ccccc5C65[C@H]6C[C@H]7C[C@H](C[C@H]5C7)C6)c4)cc3)(C1)CC21c2ccccc2C(C)(C)c2cc(N(c3ccc(-c4cccc(-n5c6ccccc6c6ccccc65)c4)cc3)c3ccccc3-c3ccccc3)ccc21. The molecule has 7 fully saturated rings. The molecule has 27 rings (SSSR count). The summed E-state index contributed by atoms with van der Waals surface area (Å²) in [6.45, 7) is 15.3. The lowest BCUT2D eigenvalue weighted by Crippen LogP contribution is -2.58. The Morgan fingerprint density at radius 2 is 0.677 bits per heavy atom. The van der Waals surface area contributed by atoms with Gasteiger partial charge in [0.2, 0.25) is 0 Å². The van der Waals surface area contributed by atoms with Gasteiger partial charge in [-0.25, -0.2) is 0 Å². The number of hydrogen-bond acceptors (Lipinski definition) is 2. The monoisotopic (exact) mass is 1640 g/mol. The molecule has 4 nitrogen and oxygen atoms in total. The van der Waals surface area contributed by atoms with Gasteiger partial charge in [0.05, 0.1) is 27.8 Å². The Morgan fingerprint density at radius 3 is 1.24 bits per heavy atom. The van der Waals surface area contributed by atoms with Crippen LogP contribution < -0.4 is 9.80 Å². The molecule has 18 aromatic rings. The smallest absolute Gasteiger partial charge is 0.0541 e. The Bertz CT molecular complexity index is 7280. The fourth-order valence-electron chi connectivity index (χ4n) is 27.8. The predicted molar refractivity (Wildman–Crippen MR) is 530 cm³/mol. The second-order valence-corrected chi connectivity index (χ2v) is 40.3. The molecule has 2 heterocycles. The molecule has 618 valence electrons. The number of aromatic nitrogens is 2. The van der Waals surface area contributed by atoms with Gasteiger partial charge in [-0.3, -0.25) is 0 Å². The molecule has 0 amide bonds. The van der Waals surface area contributed by atoms with Crippen LogP contribution in [0, 0.1) is 41.4 Å². The molecule has 7 saturated carbocycles. The molecule has 0 N–H and O–H groups in total. The molecule has 2 aromatic heterocycles. The summed E-state index contributed by atoms with van der Waals surface area (Å²) >= 11 is 0. The summed E-state index contributed by atoms with van der Waals surface area (Å²) in [4.78, 5) is 5.14. The minimum absolute atomic E-state index is 0.0289. The summed E-state index contributed by atoms with van der Waals surface area (Å²) in [5.41, 5.74) is 36.5. The van der Waals surface area contributed by atoms with Gasteiger partial charge in [0.15, 0.2) is 0 Å². The van der Waals surface area contributed by atoms with E-state index in [0.29, 0.717) is 29.6 Å². The van der Waals surface area contributed by atoms with Crippen LogP contribution in [-0.2, 0) is 27.1 Å². The van der Waals surface area contributed by atoms with E-state index in [4.69, 9.17) is 0 Å². The largest absolute Gasteiger partial charge is 0.310 e. The van der Waals surface area contributed by atoms with E-state index in [1.807, 2.05) is 0 Å². The molecular formula is C123H106N4. The van der Waals surface area contributed by atoms with E-state index in [0.717, 1.165) is 65.2 Å². The molecular weight excluding hydrogens is 1530 g/mol. The molecule has 9 aliphatic rings. The lowest BCUT2D eigenvalue weighted by atomic mass is 9.39. The summed E-state index contributed by atoms with van der Waals surface area (Å²) in [5, 5.41) is 5.08.